The third-order valence-electron chi connectivity index (χ3n) is 3.50. The van der Waals surface area contributed by atoms with Gasteiger partial charge in [-0.2, -0.15) is 0 Å². The molecule has 1 saturated carbocycles. The maximum atomic E-state index is 11.2. The van der Waals surface area contributed by atoms with E-state index in [4.69, 9.17) is 10.3 Å². The first-order chi connectivity index (χ1) is 7.09. The summed E-state index contributed by atoms with van der Waals surface area (Å²) in [6.07, 6.45) is 1.42. The first-order valence-corrected chi connectivity index (χ1v) is 5.01. The molecule has 1 aliphatic heterocycles. The van der Waals surface area contributed by atoms with Crippen molar-refractivity contribution in [2.24, 2.45) is 11.3 Å². The van der Waals surface area contributed by atoms with E-state index >= 15 is 0 Å². The van der Waals surface area contributed by atoms with Crippen LogP contribution in [0.3, 0.4) is 0 Å². The molecule has 6 nitrogen and oxygen atoms in total. The van der Waals surface area contributed by atoms with Gasteiger partial charge in [-0.05, 0) is 19.3 Å². The van der Waals surface area contributed by atoms with Crippen molar-refractivity contribution in [3.63, 3.8) is 0 Å². The van der Waals surface area contributed by atoms with Gasteiger partial charge in [0.2, 0.25) is 5.91 Å². The molecule has 2 rings (SSSR count). The van der Waals surface area contributed by atoms with E-state index in [1.165, 1.54) is 4.90 Å². The SMILES string of the molecule is O=C(NO)C1CC12CCCN(C(=O)O)C2. The molecule has 1 aliphatic carbocycles. The summed E-state index contributed by atoms with van der Waals surface area (Å²) in [5.41, 5.74) is 1.43. The van der Waals surface area contributed by atoms with Crippen molar-refractivity contribution >= 4 is 12.0 Å². The lowest BCUT2D eigenvalue weighted by atomic mass is 9.92. The highest BCUT2D eigenvalue weighted by molar-refractivity contribution is 5.81. The number of rotatable bonds is 1. The summed E-state index contributed by atoms with van der Waals surface area (Å²) in [4.78, 5) is 23.3. The number of hydroxylamine groups is 1. The van der Waals surface area contributed by atoms with Crippen LogP contribution in [-0.4, -0.2) is 40.3 Å². The number of nitrogens with zero attached hydrogens (tertiary/aromatic N) is 1. The number of carbonyl (C=O) groups is 2. The minimum absolute atomic E-state index is 0.205. The van der Waals surface area contributed by atoms with Gasteiger partial charge in [-0.3, -0.25) is 10.0 Å². The molecule has 3 N–H and O–H groups in total. The highest BCUT2D eigenvalue weighted by Crippen LogP contribution is 2.57. The Balaban J connectivity index is 2.00. The van der Waals surface area contributed by atoms with Crippen molar-refractivity contribution in [1.82, 2.24) is 10.4 Å². The second-order valence-electron chi connectivity index (χ2n) is 4.40. The van der Waals surface area contributed by atoms with Crippen molar-refractivity contribution in [2.45, 2.75) is 19.3 Å². The highest BCUT2D eigenvalue weighted by atomic mass is 16.5. The number of hydrogen-bond acceptors (Lipinski definition) is 3. The predicted molar refractivity (Wildman–Crippen MR) is 49.3 cm³/mol. The fraction of sp³-hybridized carbons (Fsp3) is 0.778. The van der Waals surface area contributed by atoms with Crippen LogP contribution in [0.2, 0.25) is 0 Å². The van der Waals surface area contributed by atoms with Crippen LogP contribution < -0.4 is 5.48 Å². The lowest BCUT2D eigenvalue weighted by molar-refractivity contribution is -0.131. The van der Waals surface area contributed by atoms with Gasteiger partial charge in [-0.15, -0.1) is 0 Å². The lowest BCUT2D eigenvalue weighted by Gasteiger charge is -2.31. The largest absolute Gasteiger partial charge is 0.465 e. The van der Waals surface area contributed by atoms with Gasteiger partial charge in [-0.1, -0.05) is 0 Å². The van der Waals surface area contributed by atoms with E-state index in [1.54, 1.807) is 5.48 Å². The van der Waals surface area contributed by atoms with Crippen LogP contribution in [0.5, 0.6) is 0 Å². The third-order valence-corrected chi connectivity index (χ3v) is 3.50. The fourth-order valence-electron chi connectivity index (χ4n) is 2.57. The molecular formula is C9H14N2O4. The molecular weight excluding hydrogens is 200 g/mol. The van der Waals surface area contributed by atoms with E-state index in [-0.39, 0.29) is 17.2 Å². The zero-order valence-corrected chi connectivity index (χ0v) is 8.27. The molecule has 84 valence electrons. The Morgan fingerprint density at radius 3 is 2.80 bits per heavy atom. The van der Waals surface area contributed by atoms with Crippen LogP contribution >= 0.6 is 0 Å². The molecule has 2 amide bonds. The van der Waals surface area contributed by atoms with Gasteiger partial charge in [-0.25, -0.2) is 10.3 Å². The summed E-state index contributed by atoms with van der Waals surface area (Å²) >= 11 is 0. The van der Waals surface area contributed by atoms with Gasteiger partial charge >= 0.3 is 6.09 Å². The summed E-state index contributed by atoms with van der Waals surface area (Å²) in [5, 5.41) is 17.4. The minimum atomic E-state index is -0.927. The van der Waals surface area contributed by atoms with E-state index in [9.17, 15) is 9.59 Å². The quantitative estimate of drug-likeness (QED) is 0.431. The first kappa shape index (κ1) is 10.2. The van der Waals surface area contributed by atoms with E-state index in [0.717, 1.165) is 12.8 Å². The second-order valence-corrected chi connectivity index (χ2v) is 4.40. The summed E-state index contributed by atoms with van der Waals surface area (Å²) in [5.74, 6) is -0.605. The van der Waals surface area contributed by atoms with Crippen LogP contribution in [0.25, 0.3) is 0 Å². The van der Waals surface area contributed by atoms with Crippen molar-refractivity contribution in [2.75, 3.05) is 13.1 Å². The molecule has 0 bridgehead atoms. The average Bonchev–Trinajstić information content (AvgIpc) is 2.91. The Morgan fingerprint density at radius 1 is 1.47 bits per heavy atom. The molecule has 6 heteroatoms. The Kier molecular flexibility index (Phi) is 2.30. The molecule has 1 spiro atoms. The van der Waals surface area contributed by atoms with Crippen LogP contribution in [0.15, 0.2) is 0 Å². The van der Waals surface area contributed by atoms with Gasteiger partial charge in [0.15, 0.2) is 0 Å². The molecule has 2 atom stereocenters. The van der Waals surface area contributed by atoms with Crippen molar-refractivity contribution in [3.8, 4) is 0 Å². The molecule has 2 aliphatic rings. The molecule has 2 fully saturated rings. The second kappa shape index (κ2) is 3.37. The Morgan fingerprint density at radius 2 is 2.20 bits per heavy atom. The van der Waals surface area contributed by atoms with Gasteiger partial charge < -0.3 is 10.0 Å². The van der Waals surface area contributed by atoms with Gasteiger partial charge in [0.05, 0.1) is 0 Å². The van der Waals surface area contributed by atoms with E-state index in [0.29, 0.717) is 19.5 Å². The number of amides is 2. The number of likely N-dealkylation sites (tertiary alicyclic amines) is 1. The summed E-state index contributed by atoms with van der Waals surface area (Å²) in [7, 11) is 0. The number of carboxylic acid groups (broad SMARTS) is 1. The van der Waals surface area contributed by atoms with Crippen molar-refractivity contribution < 1.29 is 19.9 Å². The van der Waals surface area contributed by atoms with Crippen LogP contribution in [0.4, 0.5) is 4.79 Å². The maximum Gasteiger partial charge on any atom is 0.407 e. The number of carbonyl (C=O) groups excluding carboxylic acids is 1. The highest BCUT2D eigenvalue weighted by Gasteiger charge is 2.59. The number of nitrogens with one attached hydrogen (secondary N) is 1. The fourth-order valence-corrected chi connectivity index (χ4v) is 2.57. The first-order valence-electron chi connectivity index (χ1n) is 5.01. The normalized spacial score (nSPS) is 33.9. The van der Waals surface area contributed by atoms with E-state index < -0.39 is 6.09 Å². The third kappa shape index (κ3) is 1.65. The maximum absolute atomic E-state index is 11.2. The predicted octanol–water partition coefficient (Wildman–Crippen LogP) is 0.272. The molecule has 0 aromatic heterocycles. The topological polar surface area (TPSA) is 89.9 Å². The minimum Gasteiger partial charge on any atom is -0.465 e. The van der Waals surface area contributed by atoms with E-state index in [2.05, 4.69) is 0 Å². The smallest absolute Gasteiger partial charge is 0.407 e. The summed E-state index contributed by atoms with van der Waals surface area (Å²) in [6.45, 7) is 0.963. The molecule has 1 saturated heterocycles. The van der Waals surface area contributed by atoms with Crippen LogP contribution in [0, 0.1) is 11.3 Å². The van der Waals surface area contributed by atoms with Crippen LogP contribution in [0.1, 0.15) is 19.3 Å². The Hall–Kier alpha value is -1.30. The average molecular weight is 214 g/mol. The molecule has 1 heterocycles. The van der Waals surface area contributed by atoms with Gasteiger partial charge in [0.1, 0.15) is 0 Å². The van der Waals surface area contributed by atoms with Crippen molar-refractivity contribution in [3.05, 3.63) is 0 Å². The van der Waals surface area contributed by atoms with Gasteiger partial charge in [0.25, 0.3) is 0 Å². The number of hydrogen-bond donors (Lipinski definition) is 3. The Labute approximate surface area is 86.8 Å². The summed E-state index contributed by atoms with van der Waals surface area (Å²) < 4.78 is 0. The molecule has 0 aromatic rings. The van der Waals surface area contributed by atoms with E-state index in [1.807, 2.05) is 0 Å². The zero-order valence-electron chi connectivity index (χ0n) is 8.27. The molecule has 15 heavy (non-hydrogen) atoms. The van der Waals surface area contributed by atoms with Crippen LogP contribution in [-0.2, 0) is 4.79 Å². The summed E-state index contributed by atoms with van der Waals surface area (Å²) in [6, 6.07) is 0. The van der Waals surface area contributed by atoms with Crippen molar-refractivity contribution in [1.29, 1.82) is 0 Å². The lowest BCUT2D eigenvalue weighted by Crippen LogP contribution is -2.41. The standard InChI is InChI=1S/C9H14N2O4/c12-7(10-15)6-4-9(6)2-1-3-11(5-9)8(13)14/h6,15H,1-5H2,(H,10,12)(H,13,14). The monoisotopic (exact) mass is 214 g/mol. The van der Waals surface area contributed by atoms with Gasteiger partial charge in [0, 0.05) is 24.4 Å². The Bertz CT molecular complexity index is 306. The zero-order chi connectivity index (χ0) is 11.1. The molecule has 2 unspecified atom stereocenters. The molecule has 0 aromatic carbocycles. The number of piperidine rings is 1. The molecule has 0 radical (unpaired) electrons.